The van der Waals surface area contributed by atoms with Gasteiger partial charge in [0.05, 0.1) is 11.4 Å². The molecule has 0 bridgehead atoms. The van der Waals surface area contributed by atoms with Gasteiger partial charge in [0.2, 0.25) is 0 Å². The molecule has 0 aliphatic rings. The number of para-hydroxylation sites is 1. The molecule has 0 aliphatic carbocycles. The van der Waals surface area contributed by atoms with Crippen molar-refractivity contribution >= 4 is 23.8 Å². The lowest BCUT2D eigenvalue weighted by Crippen LogP contribution is -2.02. The number of aryl methyl sites for hydroxylation is 2. The van der Waals surface area contributed by atoms with E-state index in [2.05, 4.69) is 41.6 Å². The SMILES string of the molecule is Cc1cccc(C)c1-n1c(-c2ccc(Cl)cc2)c[nH]c1=S. The second-order valence-electron chi connectivity index (χ2n) is 5.06. The van der Waals surface area contributed by atoms with E-state index in [0.29, 0.717) is 4.77 Å². The molecule has 0 saturated heterocycles. The van der Waals surface area contributed by atoms with Crippen molar-refractivity contribution in [2.24, 2.45) is 0 Å². The Balaban J connectivity index is 2.27. The van der Waals surface area contributed by atoms with Crippen LogP contribution in [0.3, 0.4) is 0 Å². The molecule has 0 spiro atoms. The van der Waals surface area contributed by atoms with Gasteiger partial charge in [-0.2, -0.15) is 0 Å². The normalized spacial score (nSPS) is 10.8. The third-order valence-electron chi connectivity index (χ3n) is 3.58. The highest BCUT2D eigenvalue weighted by molar-refractivity contribution is 7.71. The summed E-state index contributed by atoms with van der Waals surface area (Å²) in [6, 6.07) is 14.1. The molecule has 0 amide bonds. The van der Waals surface area contributed by atoms with Crippen LogP contribution in [0.2, 0.25) is 5.02 Å². The number of nitrogens with one attached hydrogen (secondary N) is 1. The zero-order valence-electron chi connectivity index (χ0n) is 11.9. The summed E-state index contributed by atoms with van der Waals surface area (Å²) in [7, 11) is 0. The molecule has 1 aromatic heterocycles. The Labute approximate surface area is 134 Å². The molecule has 0 unspecified atom stereocenters. The largest absolute Gasteiger partial charge is 0.336 e. The predicted molar refractivity (Wildman–Crippen MR) is 90.9 cm³/mol. The number of nitrogens with zero attached hydrogens (tertiary/aromatic N) is 1. The fraction of sp³-hybridized carbons (Fsp3) is 0.118. The summed E-state index contributed by atoms with van der Waals surface area (Å²) >= 11 is 11.5. The molecule has 106 valence electrons. The third kappa shape index (κ3) is 2.55. The first kappa shape index (κ1) is 14.1. The summed E-state index contributed by atoms with van der Waals surface area (Å²) in [5, 5.41) is 0.728. The standard InChI is InChI=1S/C17H15ClN2S/c1-11-4-3-5-12(2)16(11)20-15(10-19-17(20)21)13-6-8-14(18)9-7-13/h3-10H,1-2H3,(H,19,21). The quantitative estimate of drug-likeness (QED) is 0.622. The molecule has 2 aromatic carbocycles. The smallest absolute Gasteiger partial charge is 0.182 e. The Morgan fingerprint density at radius 2 is 1.62 bits per heavy atom. The fourth-order valence-electron chi connectivity index (χ4n) is 2.58. The van der Waals surface area contributed by atoms with Crippen molar-refractivity contribution in [3.8, 4) is 16.9 Å². The van der Waals surface area contributed by atoms with Crippen LogP contribution in [-0.2, 0) is 0 Å². The van der Waals surface area contributed by atoms with Crippen LogP contribution in [-0.4, -0.2) is 9.55 Å². The van der Waals surface area contributed by atoms with Gasteiger partial charge in [0, 0.05) is 16.8 Å². The van der Waals surface area contributed by atoms with Crippen LogP contribution in [0.25, 0.3) is 16.9 Å². The van der Waals surface area contributed by atoms with E-state index in [9.17, 15) is 0 Å². The number of halogens is 1. The van der Waals surface area contributed by atoms with Gasteiger partial charge >= 0.3 is 0 Å². The van der Waals surface area contributed by atoms with E-state index in [1.165, 1.54) is 11.1 Å². The summed E-state index contributed by atoms with van der Waals surface area (Å²) in [5.74, 6) is 0. The first-order valence-electron chi connectivity index (χ1n) is 6.71. The molecule has 3 rings (SSSR count). The van der Waals surface area contributed by atoms with Crippen molar-refractivity contribution in [2.45, 2.75) is 13.8 Å². The lowest BCUT2D eigenvalue weighted by atomic mass is 10.1. The van der Waals surface area contributed by atoms with Crippen LogP contribution < -0.4 is 0 Å². The van der Waals surface area contributed by atoms with Crippen LogP contribution in [0.4, 0.5) is 0 Å². The molecule has 21 heavy (non-hydrogen) atoms. The maximum Gasteiger partial charge on any atom is 0.182 e. The molecule has 0 aliphatic heterocycles. The van der Waals surface area contributed by atoms with Crippen molar-refractivity contribution in [1.29, 1.82) is 0 Å². The van der Waals surface area contributed by atoms with Crippen molar-refractivity contribution < 1.29 is 0 Å². The van der Waals surface area contributed by atoms with Gasteiger partial charge in [-0.15, -0.1) is 0 Å². The van der Waals surface area contributed by atoms with E-state index in [-0.39, 0.29) is 0 Å². The van der Waals surface area contributed by atoms with Crippen molar-refractivity contribution in [3.05, 3.63) is 69.6 Å². The second-order valence-corrected chi connectivity index (χ2v) is 5.88. The minimum atomic E-state index is 0.692. The van der Waals surface area contributed by atoms with E-state index in [1.807, 2.05) is 30.5 Å². The summed E-state index contributed by atoms with van der Waals surface area (Å²) in [6.07, 6.45) is 1.94. The highest BCUT2D eigenvalue weighted by atomic mass is 35.5. The van der Waals surface area contributed by atoms with E-state index in [4.69, 9.17) is 23.8 Å². The Morgan fingerprint density at radius 3 is 2.24 bits per heavy atom. The van der Waals surface area contributed by atoms with Crippen LogP contribution in [0, 0.1) is 18.6 Å². The Morgan fingerprint density at radius 1 is 1.00 bits per heavy atom. The monoisotopic (exact) mass is 314 g/mol. The lowest BCUT2D eigenvalue weighted by molar-refractivity contribution is 1.01. The van der Waals surface area contributed by atoms with Crippen LogP contribution in [0.5, 0.6) is 0 Å². The average molecular weight is 315 g/mol. The Bertz CT molecular complexity index is 824. The third-order valence-corrected chi connectivity index (χ3v) is 4.13. The zero-order chi connectivity index (χ0) is 15.0. The van der Waals surface area contributed by atoms with Gasteiger partial charge in [0.15, 0.2) is 4.77 Å². The molecule has 0 fully saturated rings. The molecule has 1 heterocycles. The maximum absolute atomic E-state index is 5.98. The van der Waals surface area contributed by atoms with Crippen molar-refractivity contribution in [1.82, 2.24) is 9.55 Å². The zero-order valence-corrected chi connectivity index (χ0v) is 13.4. The van der Waals surface area contributed by atoms with Gasteiger partial charge < -0.3 is 4.98 Å². The molecule has 0 radical (unpaired) electrons. The van der Waals surface area contributed by atoms with E-state index >= 15 is 0 Å². The highest BCUT2D eigenvalue weighted by Gasteiger charge is 2.12. The number of rotatable bonds is 2. The van der Waals surface area contributed by atoms with Crippen LogP contribution in [0.1, 0.15) is 11.1 Å². The van der Waals surface area contributed by atoms with Crippen LogP contribution in [0.15, 0.2) is 48.7 Å². The van der Waals surface area contributed by atoms with E-state index in [1.54, 1.807) is 0 Å². The molecule has 2 nitrogen and oxygen atoms in total. The van der Waals surface area contributed by atoms with E-state index < -0.39 is 0 Å². The summed E-state index contributed by atoms with van der Waals surface area (Å²) in [4.78, 5) is 3.15. The first-order chi connectivity index (χ1) is 10.1. The minimum Gasteiger partial charge on any atom is -0.336 e. The number of benzene rings is 2. The first-order valence-corrected chi connectivity index (χ1v) is 7.49. The lowest BCUT2D eigenvalue weighted by Gasteiger charge is -2.14. The number of imidazole rings is 1. The van der Waals surface area contributed by atoms with Crippen molar-refractivity contribution in [2.75, 3.05) is 0 Å². The predicted octanol–water partition coefficient (Wildman–Crippen LogP) is 5.47. The molecule has 4 heteroatoms. The Kier molecular flexibility index (Phi) is 3.70. The molecule has 1 N–H and O–H groups in total. The number of hydrogen-bond acceptors (Lipinski definition) is 1. The molecule has 0 atom stereocenters. The Hall–Kier alpha value is -1.84. The summed E-state index contributed by atoms with van der Waals surface area (Å²) < 4.78 is 2.78. The second kappa shape index (κ2) is 5.51. The topological polar surface area (TPSA) is 20.7 Å². The van der Waals surface area contributed by atoms with Crippen LogP contribution >= 0.6 is 23.8 Å². The van der Waals surface area contributed by atoms with Gasteiger partial charge in [-0.3, -0.25) is 4.57 Å². The van der Waals surface area contributed by atoms with Gasteiger partial charge in [-0.05, 0) is 49.3 Å². The number of H-pyrrole nitrogens is 1. The molecular formula is C17H15ClN2S. The maximum atomic E-state index is 5.98. The molecule has 3 aromatic rings. The average Bonchev–Trinajstić information content (AvgIpc) is 2.82. The number of hydrogen-bond donors (Lipinski definition) is 1. The van der Waals surface area contributed by atoms with Crippen molar-refractivity contribution in [3.63, 3.8) is 0 Å². The fourth-order valence-corrected chi connectivity index (χ4v) is 2.96. The summed E-state index contributed by atoms with van der Waals surface area (Å²) in [5.41, 5.74) is 5.64. The van der Waals surface area contributed by atoms with Gasteiger partial charge in [-0.1, -0.05) is 41.9 Å². The number of aromatic amines is 1. The minimum absolute atomic E-state index is 0.692. The number of aromatic nitrogens is 2. The molecule has 0 saturated carbocycles. The van der Waals surface area contributed by atoms with E-state index in [0.717, 1.165) is 22.0 Å². The van der Waals surface area contributed by atoms with Gasteiger partial charge in [0.25, 0.3) is 0 Å². The summed E-state index contributed by atoms with van der Waals surface area (Å²) in [6.45, 7) is 4.20. The highest BCUT2D eigenvalue weighted by Crippen LogP contribution is 2.28. The van der Waals surface area contributed by atoms with Gasteiger partial charge in [-0.25, -0.2) is 0 Å². The van der Waals surface area contributed by atoms with Gasteiger partial charge in [0.1, 0.15) is 0 Å². The molecular weight excluding hydrogens is 300 g/mol.